The molecule has 0 saturated carbocycles. The van der Waals surface area contributed by atoms with Gasteiger partial charge in [-0.05, 0) is 49.1 Å². The van der Waals surface area contributed by atoms with Crippen molar-refractivity contribution in [2.24, 2.45) is 5.92 Å². The number of alkyl halides is 3. The molecule has 3 aromatic rings. The van der Waals surface area contributed by atoms with Crippen LogP contribution in [0.25, 0.3) is 11.4 Å². The summed E-state index contributed by atoms with van der Waals surface area (Å²) in [5.74, 6) is -3.67. The van der Waals surface area contributed by atoms with Crippen molar-refractivity contribution in [2.45, 2.75) is 62.3 Å². The number of aldehydes is 1. The molecule has 0 radical (unpaired) electrons. The van der Waals surface area contributed by atoms with Crippen LogP contribution in [-0.4, -0.2) is 137 Å². The number of aliphatic carboxylic acids is 1. The van der Waals surface area contributed by atoms with E-state index in [9.17, 15) is 45.9 Å². The highest BCUT2D eigenvalue weighted by molar-refractivity contribution is 7.91. The van der Waals surface area contributed by atoms with Gasteiger partial charge in [-0.3, -0.25) is 24.3 Å². The predicted molar refractivity (Wildman–Crippen MR) is 194 cm³/mol. The number of piperidine rings is 1. The number of carboxylic acids is 1. The summed E-state index contributed by atoms with van der Waals surface area (Å²) in [6.07, 6.45) is -4.48. The summed E-state index contributed by atoms with van der Waals surface area (Å²) in [5.41, 5.74) is -2.70. The first-order valence-corrected chi connectivity index (χ1v) is 20.1. The molecule has 4 heterocycles. The lowest BCUT2D eigenvalue weighted by molar-refractivity contribution is -0.146. The molecular weight excluding hydrogens is 778 g/mol. The van der Waals surface area contributed by atoms with Crippen molar-refractivity contribution in [3.63, 3.8) is 0 Å². The number of benzene rings is 2. The van der Waals surface area contributed by atoms with E-state index in [-0.39, 0.29) is 78.5 Å². The molecule has 3 saturated heterocycles. The van der Waals surface area contributed by atoms with Gasteiger partial charge in [-0.15, -0.1) is 0 Å². The number of para-hydroxylation sites is 1. The van der Waals surface area contributed by atoms with Crippen molar-refractivity contribution in [1.29, 1.82) is 0 Å². The number of amides is 3. The number of morpholine rings is 1. The highest BCUT2D eigenvalue weighted by Gasteiger charge is 2.58. The molecule has 57 heavy (non-hydrogen) atoms. The van der Waals surface area contributed by atoms with Crippen molar-refractivity contribution in [2.75, 3.05) is 58.2 Å². The Kier molecular flexibility index (Phi) is 12.4. The Morgan fingerprint density at radius 2 is 1.74 bits per heavy atom. The first kappa shape index (κ1) is 41.7. The zero-order chi connectivity index (χ0) is 41.1. The molecule has 0 bridgehead atoms. The Hall–Kier alpha value is -4.92. The van der Waals surface area contributed by atoms with Crippen molar-refractivity contribution in [1.82, 2.24) is 29.7 Å². The molecule has 0 aliphatic carbocycles. The van der Waals surface area contributed by atoms with E-state index in [1.807, 2.05) is 0 Å². The number of carbonyl (C=O) groups is 4. The number of nitrogens with zero attached hydrogens (tertiary/aromatic N) is 6. The van der Waals surface area contributed by atoms with Crippen LogP contribution >= 0.6 is 0 Å². The van der Waals surface area contributed by atoms with Gasteiger partial charge < -0.3 is 28.8 Å². The summed E-state index contributed by atoms with van der Waals surface area (Å²) >= 11 is 0. The Labute approximate surface area is 326 Å². The van der Waals surface area contributed by atoms with Gasteiger partial charge in [0, 0.05) is 51.3 Å². The minimum Gasteiger partial charge on any atom is -0.480 e. The third-order valence-corrected chi connectivity index (χ3v) is 12.4. The number of urea groups is 1. The fraction of sp³-hybridized carbons (Fsp3) is 0.514. The number of aromatic nitrogens is 2. The minimum absolute atomic E-state index is 0.0949. The fourth-order valence-electron chi connectivity index (χ4n) is 7.47. The zero-order valence-electron chi connectivity index (χ0n) is 31.3. The Bertz CT molecular complexity index is 2080. The number of ether oxygens (including phenoxy) is 2. The van der Waals surface area contributed by atoms with Crippen LogP contribution in [0.1, 0.15) is 44.6 Å². The van der Waals surface area contributed by atoms with E-state index >= 15 is 0 Å². The van der Waals surface area contributed by atoms with Gasteiger partial charge in [-0.25, -0.2) is 13.2 Å². The number of sulfone groups is 1. The zero-order valence-corrected chi connectivity index (χ0v) is 32.1. The molecule has 2 aromatic carbocycles. The van der Waals surface area contributed by atoms with Gasteiger partial charge in [-0.1, -0.05) is 31.1 Å². The second kappa shape index (κ2) is 16.9. The summed E-state index contributed by atoms with van der Waals surface area (Å²) in [6.45, 7) is 6.08. The monoisotopic (exact) mass is 820 g/mol. The number of carbonyl (C=O) groups excluding carboxylic acids is 3. The van der Waals surface area contributed by atoms with Gasteiger partial charge >= 0.3 is 18.2 Å². The Balaban J connectivity index is 1.24. The quantitative estimate of drug-likeness (QED) is 0.171. The highest BCUT2D eigenvalue weighted by atomic mass is 32.2. The average molecular weight is 821 g/mol. The normalized spacial score (nSPS) is 18.8. The lowest BCUT2D eigenvalue weighted by atomic mass is 9.85. The number of rotatable bonds is 15. The minimum atomic E-state index is -4.95. The molecule has 1 N–H and O–H groups in total. The fourth-order valence-corrected chi connectivity index (χ4v) is 9.23. The summed E-state index contributed by atoms with van der Waals surface area (Å²) < 4.78 is 85.7. The lowest BCUT2D eigenvalue weighted by Crippen LogP contribution is -2.59. The summed E-state index contributed by atoms with van der Waals surface area (Å²) in [7, 11) is -3.89. The Morgan fingerprint density at radius 3 is 2.39 bits per heavy atom. The third-order valence-electron chi connectivity index (χ3n) is 10.3. The summed E-state index contributed by atoms with van der Waals surface area (Å²) in [5, 5.41) is 13.5. The second-order valence-corrected chi connectivity index (χ2v) is 16.6. The maximum absolute atomic E-state index is 14.4. The van der Waals surface area contributed by atoms with Gasteiger partial charge in [-0.2, -0.15) is 18.2 Å². The molecule has 3 aliphatic heterocycles. The molecule has 3 aliphatic rings. The van der Waals surface area contributed by atoms with Crippen LogP contribution in [0.15, 0.2) is 51.9 Å². The van der Waals surface area contributed by atoms with Crippen molar-refractivity contribution in [3.8, 4) is 22.9 Å². The molecule has 16 nitrogen and oxygen atoms in total. The Morgan fingerprint density at radius 1 is 1.04 bits per heavy atom. The molecule has 6 rings (SSSR count). The van der Waals surface area contributed by atoms with E-state index in [1.165, 1.54) is 35.2 Å². The largest absolute Gasteiger partial charge is 0.480 e. The maximum Gasteiger partial charge on any atom is 0.420 e. The molecule has 20 heteroatoms. The smallest absolute Gasteiger partial charge is 0.420 e. The number of likely N-dealkylation sites (tertiary alicyclic amines) is 1. The topological polar surface area (TPSA) is 193 Å². The molecule has 1 atom stereocenters. The summed E-state index contributed by atoms with van der Waals surface area (Å²) in [6, 6.07) is 6.69. The summed E-state index contributed by atoms with van der Waals surface area (Å²) in [4.78, 5) is 61.4. The highest BCUT2D eigenvalue weighted by Crippen LogP contribution is 2.42. The van der Waals surface area contributed by atoms with E-state index in [0.29, 0.717) is 39.1 Å². The van der Waals surface area contributed by atoms with E-state index in [2.05, 4.69) is 15.0 Å². The number of imide groups is 1. The van der Waals surface area contributed by atoms with Crippen LogP contribution in [0.3, 0.4) is 0 Å². The van der Waals surface area contributed by atoms with Crippen LogP contribution in [-0.2, 0) is 41.7 Å². The van der Waals surface area contributed by atoms with Crippen LogP contribution in [0.4, 0.5) is 18.0 Å². The van der Waals surface area contributed by atoms with E-state index in [0.717, 1.165) is 17.0 Å². The van der Waals surface area contributed by atoms with Crippen molar-refractivity contribution < 1.29 is 59.9 Å². The van der Waals surface area contributed by atoms with Crippen molar-refractivity contribution >= 4 is 34.0 Å². The molecule has 308 valence electrons. The molecule has 3 fully saturated rings. The molecule has 1 unspecified atom stereocenters. The predicted octanol–water partition coefficient (Wildman–Crippen LogP) is 3.95. The van der Waals surface area contributed by atoms with E-state index in [4.69, 9.17) is 14.0 Å². The molecule has 1 spiro atoms. The van der Waals surface area contributed by atoms with E-state index < -0.39 is 63.4 Å². The van der Waals surface area contributed by atoms with Crippen LogP contribution in [0, 0.1) is 5.92 Å². The number of carboxylic acid groups (broad SMARTS) is 1. The standard InChI is InChI=1S/C37H43F3N6O10S/c1-24(2)23-57(52,53)30-6-4-3-5-29(30)55-28-8-7-25(21-26(28)37(38,39)40)32-41-31(56-42-32)22-45-34(50)36(10-12-44(13-11-36)27(9-18-47)33(48)49)46(35(45)51)15-14-43-16-19-54-20-17-43/h3-8,18,21,24,27H,9-17,19-20,22-23H2,1-2H3,(H,48,49). The van der Waals surface area contributed by atoms with Crippen LogP contribution in [0.2, 0.25) is 0 Å². The van der Waals surface area contributed by atoms with Crippen LogP contribution < -0.4 is 4.74 Å². The number of hydrogen-bond donors (Lipinski definition) is 1. The first-order valence-electron chi connectivity index (χ1n) is 18.4. The number of hydrogen-bond acceptors (Lipinski definition) is 13. The average Bonchev–Trinajstić information content (AvgIpc) is 3.70. The lowest BCUT2D eigenvalue weighted by Gasteiger charge is -2.44. The third kappa shape index (κ3) is 8.98. The van der Waals surface area contributed by atoms with Crippen LogP contribution in [0.5, 0.6) is 11.5 Å². The van der Waals surface area contributed by atoms with Gasteiger partial charge in [0.15, 0.2) is 9.84 Å². The first-order chi connectivity index (χ1) is 27.0. The van der Waals surface area contributed by atoms with Gasteiger partial charge in [0.2, 0.25) is 11.7 Å². The second-order valence-electron chi connectivity index (χ2n) is 14.5. The van der Waals surface area contributed by atoms with Gasteiger partial charge in [0.05, 0.1) is 24.5 Å². The molecule has 3 amide bonds. The molecular formula is C37H43F3N6O10S. The van der Waals surface area contributed by atoms with Gasteiger partial charge in [0.1, 0.15) is 40.8 Å². The molecule has 1 aromatic heterocycles. The van der Waals surface area contributed by atoms with Crippen molar-refractivity contribution in [3.05, 3.63) is 53.9 Å². The maximum atomic E-state index is 14.4. The van der Waals surface area contributed by atoms with E-state index in [1.54, 1.807) is 18.7 Å². The SMILES string of the molecule is CC(C)CS(=O)(=O)c1ccccc1Oc1ccc(-c2noc(CN3C(=O)N(CCN4CCOCC4)C4(CCN(C(CC=O)C(=O)O)CC4)C3=O)n2)cc1C(F)(F)F. The van der Waals surface area contributed by atoms with Gasteiger partial charge in [0.25, 0.3) is 5.91 Å². The number of halogens is 3.